The van der Waals surface area contributed by atoms with Crippen LogP contribution in [0.3, 0.4) is 0 Å². The van der Waals surface area contributed by atoms with Gasteiger partial charge in [0.2, 0.25) is 0 Å². The number of alkyl halides is 3. The topological polar surface area (TPSA) is 97.0 Å². The van der Waals surface area contributed by atoms with E-state index in [1.165, 1.54) is 50.7 Å². The second-order valence-electron chi connectivity index (χ2n) is 10.9. The molecule has 1 amide bonds. The van der Waals surface area contributed by atoms with E-state index in [9.17, 15) is 18.0 Å². The number of amides is 1. The largest absolute Gasteiger partial charge is 0.416 e. The van der Waals surface area contributed by atoms with Crippen LogP contribution in [0.15, 0.2) is 30.5 Å². The second kappa shape index (κ2) is 9.70. The molecule has 5 N–H and O–H groups in total. The van der Waals surface area contributed by atoms with E-state index in [0.717, 1.165) is 31.4 Å². The summed E-state index contributed by atoms with van der Waals surface area (Å²) in [6.07, 6.45) is 8.24. The highest BCUT2D eigenvalue weighted by molar-refractivity contribution is 5.98. The summed E-state index contributed by atoms with van der Waals surface area (Å²) in [5.74, 6) is -0.397. The van der Waals surface area contributed by atoms with Crippen molar-refractivity contribution in [2.75, 3.05) is 12.4 Å². The quantitative estimate of drug-likeness (QED) is 0.437. The van der Waals surface area contributed by atoms with Gasteiger partial charge in [-0.15, -0.1) is 0 Å². The zero-order valence-electron chi connectivity index (χ0n) is 20.6. The maximum atomic E-state index is 12.9. The van der Waals surface area contributed by atoms with Crippen molar-refractivity contribution in [2.24, 2.45) is 11.1 Å². The maximum Gasteiger partial charge on any atom is 0.416 e. The highest BCUT2D eigenvalue weighted by atomic mass is 19.4. The van der Waals surface area contributed by atoms with Crippen LogP contribution in [0.1, 0.15) is 79.8 Å². The molecule has 3 saturated carbocycles. The number of carbonyl (C=O) groups is 1. The van der Waals surface area contributed by atoms with Crippen LogP contribution in [0.2, 0.25) is 0 Å². The van der Waals surface area contributed by atoms with Gasteiger partial charge in [-0.05, 0) is 81.7 Å². The van der Waals surface area contributed by atoms with E-state index in [4.69, 9.17) is 5.73 Å². The zero-order valence-corrected chi connectivity index (χ0v) is 20.6. The number of nitrogens with two attached hydrogens (primary N) is 1. The number of rotatable bonds is 7. The number of benzene rings is 1. The van der Waals surface area contributed by atoms with Crippen molar-refractivity contribution in [3.63, 3.8) is 0 Å². The summed E-state index contributed by atoms with van der Waals surface area (Å²) >= 11 is 0. The van der Waals surface area contributed by atoms with Gasteiger partial charge in [0.15, 0.2) is 5.82 Å². The molecule has 196 valence electrons. The monoisotopic (exact) mass is 504 g/mol. The van der Waals surface area contributed by atoms with Gasteiger partial charge in [-0.25, -0.2) is 0 Å². The lowest BCUT2D eigenvalue weighted by Crippen LogP contribution is -2.54. The van der Waals surface area contributed by atoms with Gasteiger partial charge in [0.05, 0.1) is 11.6 Å². The van der Waals surface area contributed by atoms with Crippen LogP contribution >= 0.6 is 0 Å². The molecule has 1 spiro atoms. The molecule has 2 aromatic rings. The van der Waals surface area contributed by atoms with Gasteiger partial charge < -0.3 is 21.7 Å². The first-order valence-corrected chi connectivity index (χ1v) is 12.9. The first kappa shape index (κ1) is 25.1. The summed E-state index contributed by atoms with van der Waals surface area (Å²) in [6.45, 7) is 0. The molecule has 7 nitrogen and oxygen atoms in total. The third kappa shape index (κ3) is 5.11. The average Bonchev–Trinajstić information content (AvgIpc) is 3.46. The highest BCUT2D eigenvalue weighted by Gasteiger charge is 2.46. The van der Waals surface area contributed by atoms with Crippen molar-refractivity contribution in [3.05, 3.63) is 41.6 Å². The van der Waals surface area contributed by atoms with Crippen LogP contribution in [0.4, 0.5) is 24.7 Å². The molecule has 1 aromatic carbocycles. The Morgan fingerprint density at radius 1 is 1.11 bits per heavy atom. The molecule has 0 aliphatic heterocycles. The third-order valence-corrected chi connectivity index (χ3v) is 8.49. The van der Waals surface area contributed by atoms with Crippen molar-refractivity contribution in [3.8, 4) is 0 Å². The van der Waals surface area contributed by atoms with Crippen molar-refractivity contribution in [1.29, 1.82) is 0 Å². The van der Waals surface area contributed by atoms with Gasteiger partial charge in [-0.2, -0.15) is 18.3 Å². The summed E-state index contributed by atoms with van der Waals surface area (Å²) < 4.78 is 40.4. The Hall–Kier alpha value is -2.59. The Morgan fingerprint density at radius 2 is 1.81 bits per heavy atom. The Bertz CT molecular complexity index is 1070. The number of likely N-dealkylation sites (N-methyl/N-ethyl adjacent to an activating group) is 1. The van der Waals surface area contributed by atoms with Crippen LogP contribution in [0.25, 0.3) is 0 Å². The number of nitrogens with one attached hydrogen (secondary N) is 3. The predicted molar refractivity (Wildman–Crippen MR) is 132 cm³/mol. The number of halogens is 3. The van der Waals surface area contributed by atoms with Crippen LogP contribution in [0, 0.1) is 5.41 Å². The summed E-state index contributed by atoms with van der Waals surface area (Å²) in [5, 5.41) is 14.9. The molecule has 10 heteroatoms. The fourth-order valence-electron chi connectivity index (χ4n) is 6.62. The minimum Gasteiger partial charge on any atom is -0.365 e. The molecule has 3 aliphatic rings. The lowest BCUT2D eigenvalue weighted by Gasteiger charge is -2.48. The van der Waals surface area contributed by atoms with Crippen LogP contribution in [-0.4, -0.2) is 40.9 Å². The fourth-order valence-corrected chi connectivity index (χ4v) is 6.62. The van der Waals surface area contributed by atoms with Gasteiger partial charge >= 0.3 is 6.18 Å². The molecule has 36 heavy (non-hydrogen) atoms. The molecule has 0 radical (unpaired) electrons. The highest BCUT2D eigenvalue weighted by Crippen LogP contribution is 2.53. The molecule has 0 bridgehead atoms. The van der Waals surface area contributed by atoms with Gasteiger partial charge in [-0.1, -0.05) is 12.8 Å². The zero-order chi connectivity index (χ0) is 25.5. The molecule has 3 atom stereocenters. The van der Waals surface area contributed by atoms with Crippen molar-refractivity contribution in [2.45, 2.75) is 88.1 Å². The standard InChI is InChI=1S/C26H35F3N6O/c1-31-21-12-18(32-19-13-25(14-19)10-2-3-11-25)8-9-22(21)35-15-20(23(30)36)24(34-35)33-17-6-4-16(5-7-17)26(27,28)29/h4-7,15,18-19,21-22,31-32H,2-3,8-14H2,1H3,(H2,30,36)(H,33,34)/t18-,21+,22+/m0/s1. The molecular weight excluding hydrogens is 469 g/mol. The summed E-state index contributed by atoms with van der Waals surface area (Å²) in [4.78, 5) is 12.1. The first-order valence-electron chi connectivity index (χ1n) is 12.9. The van der Waals surface area contributed by atoms with Gasteiger partial charge in [0, 0.05) is 30.0 Å². The van der Waals surface area contributed by atoms with E-state index in [0.29, 0.717) is 23.2 Å². The molecule has 1 heterocycles. The van der Waals surface area contributed by atoms with E-state index in [1.807, 2.05) is 7.05 Å². The van der Waals surface area contributed by atoms with E-state index < -0.39 is 17.6 Å². The Kier molecular flexibility index (Phi) is 6.76. The molecule has 3 aliphatic carbocycles. The number of hydrogen-bond donors (Lipinski definition) is 4. The Morgan fingerprint density at radius 3 is 2.42 bits per heavy atom. The maximum absolute atomic E-state index is 12.9. The lowest BCUT2D eigenvalue weighted by molar-refractivity contribution is -0.137. The van der Waals surface area contributed by atoms with Crippen LogP contribution in [-0.2, 0) is 6.18 Å². The van der Waals surface area contributed by atoms with Crippen LogP contribution in [0.5, 0.6) is 0 Å². The number of anilines is 2. The van der Waals surface area contributed by atoms with Crippen molar-refractivity contribution >= 4 is 17.4 Å². The molecular formula is C26H35F3N6O. The van der Waals surface area contributed by atoms with Gasteiger partial charge in [-0.3, -0.25) is 9.48 Å². The van der Waals surface area contributed by atoms with E-state index in [-0.39, 0.29) is 23.5 Å². The van der Waals surface area contributed by atoms with Gasteiger partial charge in [0.1, 0.15) is 5.56 Å². The number of aromatic nitrogens is 2. The lowest BCUT2D eigenvalue weighted by atomic mass is 9.64. The predicted octanol–water partition coefficient (Wildman–Crippen LogP) is 4.74. The normalized spacial score (nSPS) is 26.2. The van der Waals surface area contributed by atoms with Gasteiger partial charge in [0.25, 0.3) is 5.91 Å². The van der Waals surface area contributed by atoms with Crippen molar-refractivity contribution < 1.29 is 18.0 Å². The summed E-state index contributed by atoms with van der Waals surface area (Å²) in [7, 11) is 1.94. The summed E-state index contributed by atoms with van der Waals surface area (Å²) in [5.41, 5.74) is 6.09. The fraction of sp³-hybridized carbons (Fsp3) is 0.615. The molecule has 0 unspecified atom stereocenters. The smallest absolute Gasteiger partial charge is 0.365 e. The van der Waals surface area contributed by atoms with E-state index >= 15 is 0 Å². The van der Waals surface area contributed by atoms with Crippen LogP contribution < -0.4 is 21.7 Å². The number of carbonyl (C=O) groups excluding carboxylic acids is 1. The van der Waals surface area contributed by atoms with E-state index in [1.54, 1.807) is 10.9 Å². The second-order valence-corrected chi connectivity index (χ2v) is 10.9. The molecule has 3 fully saturated rings. The number of primary amides is 1. The Balaban J connectivity index is 1.25. The van der Waals surface area contributed by atoms with E-state index in [2.05, 4.69) is 21.0 Å². The summed E-state index contributed by atoms with van der Waals surface area (Å²) in [6, 6.07) is 5.88. The third-order valence-electron chi connectivity index (χ3n) is 8.49. The SMILES string of the molecule is CN[C@@H]1C[C@@H](NC2CC3(CCCC3)C2)CC[C@H]1n1cc(C(N)=O)c(Nc2ccc(C(F)(F)F)cc2)n1. The minimum atomic E-state index is -4.41. The molecule has 5 rings (SSSR count). The first-order chi connectivity index (χ1) is 17.2. The number of nitrogens with zero attached hydrogens (tertiary/aromatic N) is 2. The minimum absolute atomic E-state index is 0.0388. The molecule has 1 aromatic heterocycles. The van der Waals surface area contributed by atoms with Crippen molar-refractivity contribution in [1.82, 2.24) is 20.4 Å². The molecule has 0 saturated heterocycles. The Labute approximate surface area is 209 Å². The number of hydrogen-bond acceptors (Lipinski definition) is 5. The average molecular weight is 505 g/mol.